The second kappa shape index (κ2) is 11.2. The smallest absolute Gasteiger partial charge is 0.211 e. The molecule has 184 valence electrons. The summed E-state index contributed by atoms with van der Waals surface area (Å²) in [6.45, 7) is 1.88. The zero-order chi connectivity index (χ0) is 25.7. The lowest BCUT2D eigenvalue weighted by Gasteiger charge is -2.14. The molecular formula is C26H21ClFN3O4S. The van der Waals surface area contributed by atoms with Gasteiger partial charge in [-0.2, -0.15) is 0 Å². The van der Waals surface area contributed by atoms with Crippen molar-refractivity contribution in [1.29, 1.82) is 0 Å². The van der Waals surface area contributed by atoms with E-state index in [9.17, 15) is 13.4 Å². The summed E-state index contributed by atoms with van der Waals surface area (Å²) in [6, 6.07) is 16.4. The van der Waals surface area contributed by atoms with Crippen molar-refractivity contribution < 1.29 is 22.7 Å². The van der Waals surface area contributed by atoms with Gasteiger partial charge in [-0.3, -0.25) is 9.52 Å². The van der Waals surface area contributed by atoms with E-state index in [2.05, 4.69) is 15.2 Å². The Hall–Kier alpha value is -3.95. The molecule has 0 aliphatic heterocycles. The monoisotopic (exact) mass is 525 g/mol. The summed E-state index contributed by atoms with van der Waals surface area (Å²) in [6.07, 6.45) is 3.42. The highest BCUT2D eigenvalue weighted by atomic mass is 35.5. The molecule has 1 atom stereocenters. The number of ether oxygens (including phenoxy) is 1. The van der Waals surface area contributed by atoms with Gasteiger partial charge in [0.15, 0.2) is 16.8 Å². The minimum atomic E-state index is -1.62. The standard InChI is InChI=1S/C26H21ClFN3O4S/c1-16(22-12-24(27)23(13-25(22)34-2)17-4-3-5-19(28)10-17)21-7-6-20(11-18(21)14-29-15-32)36(33)31-26-8-9-35-30-26/h3-15H,1-2H3,(H,29,32)(H,30,31)/b18-14-,21-16+. The van der Waals surface area contributed by atoms with Crippen molar-refractivity contribution in [2.75, 3.05) is 11.8 Å². The number of carbonyl (C=O) groups excluding carboxylic acids is 1. The number of nitrogens with zero attached hydrogens (tertiary/aromatic N) is 1. The molecule has 0 saturated carbocycles. The molecule has 0 saturated heterocycles. The van der Waals surface area contributed by atoms with Crippen molar-refractivity contribution in [3.63, 3.8) is 0 Å². The molecule has 0 bridgehead atoms. The third kappa shape index (κ3) is 5.48. The van der Waals surface area contributed by atoms with Crippen LogP contribution in [0.15, 0.2) is 76.3 Å². The van der Waals surface area contributed by atoms with Crippen molar-refractivity contribution in [3.05, 3.63) is 93.8 Å². The SMILES string of the molecule is COc1cc(-c2cccc(F)c2)c(Cl)cc1/C(C)=c1\ccc(S(=O)Nc2ccon2)c\c1=C\NC=O. The Kier molecular flexibility index (Phi) is 7.82. The van der Waals surface area contributed by atoms with Crippen LogP contribution < -0.4 is 25.2 Å². The largest absolute Gasteiger partial charge is 0.496 e. The van der Waals surface area contributed by atoms with Gasteiger partial charge in [0.25, 0.3) is 0 Å². The van der Waals surface area contributed by atoms with Crippen molar-refractivity contribution in [1.82, 2.24) is 10.5 Å². The Labute approximate surface area is 213 Å². The fourth-order valence-corrected chi connectivity index (χ4v) is 4.81. The molecule has 0 aliphatic carbocycles. The highest BCUT2D eigenvalue weighted by Crippen LogP contribution is 2.36. The average molecular weight is 526 g/mol. The normalized spacial score (nSPS) is 13.2. The molecule has 0 spiro atoms. The lowest BCUT2D eigenvalue weighted by atomic mass is 9.97. The summed E-state index contributed by atoms with van der Waals surface area (Å²) in [5.41, 5.74) is 2.75. The molecule has 36 heavy (non-hydrogen) atoms. The van der Waals surface area contributed by atoms with Crippen LogP contribution in [0.4, 0.5) is 10.2 Å². The Morgan fingerprint density at radius 3 is 2.69 bits per heavy atom. The molecule has 10 heteroatoms. The van der Waals surface area contributed by atoms with Gasteiger partial charge in [-0.15, -0.1) is 0 Å². The third-order valence-corrected chi connectivity index (χ3v) is 6.80. The van der Waals surface area contributed by atoms with Gasteiger partial charge in [0, 0.05) is 28.4 Å². The topological polar surface area (TPSA) is 93.5 Å². The van der Waals surface area contributed by atoms with Gasteiger partial charge in [-0.25, -0.2) is 8.60 Å². The first-order chi connectivity index (χ1) is 17.4. The van der Waals surface area contributed by atoms with Gasteiger partial charge in [0.2, 0.25) is 6.41 Å². The number of carbonyl (C=O) groups is 1. The first-order valence-electron chi connectivity index (χ1n) is 10.6. The van der Waals surface area contributed by atoms with Crippen LogP contribution >= 0.6 is 11.6 Å². The predicted molar refractivity (Wildman–Crippen MR) is 137 cm³/mol. The molecule has 0 radical (unpaired) electrons. The summed E-state index contributed by atoms with van der Waals surface area (Å²) in [4.78, 5) is 11.5. The zero-order valence-electron chi connectivity index (χ0n) is 19.2. The van der Waals surface area contributed by atoms with Crippen LogP contribution in [0, 0.1) is 5.82 Å². The lowest BCUT2D eigenvalue weighted by molar-refractivity contribution is -0.108. The fourth-order valence-electron chi connectivity index (χ4n) is 3.70. The number of rotatable bonds is 8. The van der Waals surface area contributed by atoms with E-state index in [0.717, 1.165) is 10.8 Å². The molecule has 1 amide bonds. The maximum atomic E-state index is 13.8. The van der Waals surface area contributed by atoms with Crippen molar-refractivity contribution in [2.45, 2.75) is 11.8 Å². The Morgan fingerprint density at radius 2 is 2.00 bits per heavy atom. The Morgan fingerprint density at radius 1 is 1.17 bits per heavy atom. The lowest BCUT2D eigenvalue weighted by Crippen LogP contribution is -2.30. The van der Waals surface area contributed by atoms with Crippen molar-refractivity contribution in [2.24, 2.45) is 0 Å². The number of hydrogen-bond acceptors (Lipinski definition) is 5. The molecule has 4 rings (SSSR count). The fraction of sp³-hybridized carbons (Fsp3) is 0.0769. The predicted octanol–water partition coefficient (Wildman–Crippen LogP) is 3.98. The highest BCUT2D eigenvalue weighted by Gasteiger charge is 2.14. The molecule has 1 unspecified atom stereocenters. The van der Waals surface area contributed by atoms with Gasteiger partial charge in [-0.05, 0) is 64.9 Å². The highest BCUT2D eigenvalue weighted by molar-refractivity contribution is 7.86. The quantitative estimate of drug-likeness (QED) is 0.339. The van der Waals surface area contributed by atoms with E-state index in [1.165, 1.54) is 31.7 Å². The summed E-state index contributed by atoms with van der Waals surface area (Å²) in [5, 5.41) is 8.02. The third-order valence-electron chi connectivity index (χ3n) is 5.41. The summed E-state index contributed by atoms with van der Waals surface area (Å²) in [7, 11) is -0.0850. The van der Waals surface area contributed by atoms with Crippen molar-refractivity contribution >= 4 is 46.6 Å². The molecule has 0 fully saturated rings. The maximum absolute atomic E-state index is 13.8. The zero-order valence-corrected chi connectivity index (χ0v) is 20.8. The van der Waals surface area contributed by atoms with E-state index in [0.29, 0.717) is 49.8 Å². The number of nitrogens with one attached hydrogen (secondary N) is 2. The average Bonchev–Trinajstić information content (AvgIpc) is 3.39. The molecule has 7 nitrogen and oxygen atoms in total. The van der Waals surface area contributed by atoms with Gasteiger partial charge in [-0.1, -0.05) is 35.0 Å². The van der Waals surface area contributed by atoms with Crippen LogP contribution in [0.5, 0.6) is 5.75 Å². The summed E-state index contributed by atoms with van der Waals surface area (Å²) >= 11 is 6.61. The van der Waals surface area contributed by atoms with E-state index in [1.807, 2.05) is 6.92 Å². The molecule has 2 N–H and O–H groups in total. The van der Waals surface area contributed by atoms with E-state index in [-0.39, 0.29) is 5.82 Å². The molecular weight excluding hydrogens is 505 g/mol. The van der Waals surface area contributed by atoms with Gasteiger partial charge in [0.05, 0.1) is 12.0 Å². The molecule has 4 aromatic rings. The number of amides is 1. The second-order valence-electron chi connectivity index (χ2n) is 7.60. The van der Waals surface area contributed by atoms with Crippen LogP contribution in [-0.4, -0.2) is 22.9 Å². The van der Waals surface area contributed by atoms with E-state index >= 15 is 0 Å². The Balaban J connectivity index is 1.84. The number of methoxy groups -OCH3 is 1. The van der Waals surface area contributed by atoms with Crippen LogP contribution in [0.25, 0.3) is 22.9 Å². The van der Waals surface area contributed by atoms with Crippen molar-refractivity contribution in [3.8, 4) is 16.9 Å². The van der Waals surface area contributed by atoms with Gasteiger partial charge in [0.1, 0.15) is 17.8 Å². The first-order valence-corrected chi connectivity index (χ1v) is 12.2. The van der Waals surface area contributed by atoms with Crippen LogP contribution in [0.2, 0.25) is 5.02 Å². The molecule has 1 heterocycles. The summed E-state index contributed by atoms with van der Waals surface area (Å²) in [5.74, 6) is 0.494. The Bertz CT molecular complexity index is 1560. The first kappa shape index (κ1) is 25.2. The maximum Gasteiger partial charge on any atom is 0.211 e. The molecule has 1 aromatic heterocycles. The second-order valence-corrected chi connectivity index (χ2v) is 9.22. The number of halogens is 2. The number of aromatic nitrogens is 1. The van der Waals surface area contributed by atoms with Crippen LogP contribution in [0.1, 0.15) is 12.5 Å². The van der Waals surface area contributed by atoms with E-state index in [4.69, 9.17) is 20.9 Å². The summed E-state index contributed by atoms with van der Waals surface area (Å²) < 4.78 is 39.7. The number of hydrogen-bond donors (Lipinski definition) is 2. The molecule has 0 aliphatic rings. The number of benzene rings is 3. The minimum Gasteiger partial charge on any atom is -0.496 e. The van der Waals surface area contributed by atoms with Gasteiger partial charge >= 0.3 is 0 Å². The number of anilines is 1. The van der Waals surface area contributed by atoms with Gasteiger partial charge < -0.3 is 14.6 Å². The van der Waals surface area contributed by atoms with Crippen LogP contribution in [0.3, 0.4) is 0 Å². The van der Waals surface area contributed by atoms with E-state index in [1.54, 1.807) is 48.5 Å². The van der Waals surface area contributed by atoms with E-state index < -0.39 is 11.0 Å². The molecule has 3 aromatic carbocycles. The minimum absolute atomic E-state index is 0.328. The van der Waals surface area contributed by atoms with Crippen LogP contribution in [-0.2, 0) is 15.8 Å².